The van der Waals surface area contributed by atoms with Crippen molar-refractivity contribution in [1.29, 1.82) is 0 Å². The third kappa shape index (κ3) is 3.34. The molecular formula is C17H19N5O2. The molecule has 3 rings (SSSR count). The second-order valence-electron chi connectivity index (χ2n) is 5.96. The molecule has 1 unspecified atom stereocenters. The summed E-state index contributed by atoms with van der Waals surface area (Å²) in [6.07, 6.45) is 3.30. The smallest absolute Gasteiger partial charge is 0.251 e. The Bertz CT molecular complexity index is 806. The average Bonchev–Trinajstić information content (AvgIpc) is 3.23. The van der Waals surface area contributed by atoms with Crippen LogP contribution >= 0.6 is 0 Å². The van der Waals surface area contributed by atoms with Crippen molar-refractivity contribution in [3.8, 4) is 11.6 Å². The number of carbonyl (C=O) groups is 1. The Kier molecular flexibility index (Phi) is 4.41. The fourth-order valence-corrected chi connectivity index (χ4v) is 2.29. The zero-order chi connectivity index (χ0) is 17.1. The Hall–Kier alpha value is -2.96. The molecule has 7 heteroatoms. The van der Waals surface area contributed by atoms with Gasteiger partial charge in [0.15, 0.2) is 5.82 Å². The minimum atomic E-state index is -0.380. The van der Waals surface area contributed by atoms with E-state index in [0.29, 0.717) is 23.1 Å². The molecule has 2 N–H and O–H groups in total. The number of hydrogen-bond acceptors (Lipinski definition) is 5. The van der Waals surface area contributed by atoms with E-state index in [-0.39, 0.29) is 17.9 Å². The summed E-state index contributed by atoms with van der Waals surface area (Å²) >= 11 is 0. The van der Waals surface area contributed by atoms with Crippen LogP contribution in [0.5, 0.6) is 0 Å². The van der Waals surface area contributed by atoms with Gasteiger partial charge in [0, 0.05) is 18.0 Å². The minimum Gasteiger partial charge on any atom is -0.342 e. The summed E-state index contributed by atoms with van der Waals surface area (Å²) in [6.45, 7) is 5.95. The van der Waals surface area contributed by atoms with Gasteiger partial charge in [0.1, 0.15) is 6.04 Å². The van der Waals surface area contributed by atoms with Crippen molar-refractivity contribution < 1.29 is 9.32 Å². The van der Waals surface area contributed by atoms with Crippen LogP contribution in [-0.4, -0.2) is 26.0 Å². The summed E-state index contributed by atoms with van der Waals surface area (Å²) < 4.78 is 5.33. The van der Waals surface area contributed by atoms with Crippen molar-refractivity contribution in [3.63, 3.8) is 0 Å². The highest BCUT2D eigenvalue weighted by atomic mass is 16.5. The van der Waals surface area contributed by atoms with Gasteiger partial charge in [-0.1, -0.05) is 36.7 Å². The first-order valence-corrected chi connectivity index (χ1v) is 7.75. The monoisotopic (exact) mass is 325 g/mol. The third-order valence-electron chi connectivity index (χ3n) is 3.68. The van der Waals surface area contributed by atoms with E-state index in [0.717, 1.165) is 5.56 Å². The number of aromatic amines is 1. The summed E-state index contributed by atoms with van der Waals surface area (Å²) in [6, 6.07) is 7.02. The third-order valence-corrected chi connectivity index (χ3v) is 3.68. The van der Waals surface area contributed by atoms with E-state index in [1.54, 1.807) is 24.5 Å². The predicted octanol–water partition coefficient (Wildman–Crippen LogP) is 2.90. The molecule has 2 heterocycles. The number of benzene rings is 1. The molecule has 0 aliphatic heterocycles. The molecule has 0 saturated carbocycles. The molecule has 1 amide bonds. The lowest BCUT2D eigenvalue weighted by atomic mass is 10.0. The fourth-order valence-electron chi connectivity index (χ4n) is 2.29. The van der Waals surface area contributed by atoms with Gasteiger partial charge in [0.05, 0.1) is 0 Å². The van der Waals surface area contributed by atoms with Gasteiger partial charge in [-0.3, -0.25) is 4.79 Å². The molecule has 24 heavy (non-hydrogen) atoms. The van der Waals surface area contributed by atoms with Gasteiger partial charge in [-0.15, -0.1) is 0 Å². The molecule has 0 bridgehead atoms. The average molecular weight is 325 g/mol. The number of imidazole rings is 1. The van der Waals surface area contributed by atoms with Crippen LogP contribution in [0.15, 0.2) is 41.2 Å². The zero-order valence-corrected chi connectivity index (χ0v) is 13.8. The lowest BCUT2D eigenvalue weighted by Gasteiger charge is -2.18. The maximum Gasteiger partial charge on any atom is 0.251 e. The lowest BCUT2D eigenvalue weighted by Crippen LogP contribution is -2.32. The second kappa shape index (κ2) is 6.66. The van der Waals surface area contributed by atoms with Crippen LogP contribution in [0.1, 0.15) is 41.7 Å². The quantitative estimate of drug-likeness (QED) is 0.752. The van der Waals surface area contributed by atoms with Crippen LogP contribution in [0.4, 0.5) is 0 Å². The van der Waals surface area contributed by atoms with Gasteiger partial charge in [0.2, 0.25) is 11.7 Å². The molecule has 7 nitrogen and oxygen atoms in total. The van der Waals surface area contributed by atoms with Crippen molar-refractivity contribution in [1.82, 2.24) is 25.4 Å². The Morgan fingerprint density at radius 2 is 2.00 bits per heavy atom. The maximum atomic E-state index is 12.5. The molecule has 3 aromatic rings. The van der Waals surface area contributed by atoms with Crippen LogP contribution in [0.25, 0.3) is 11.6 Å². The van der Waals surface area contributed by atoms with E-state index >= 15 is 0 Å². The highest BCUT2D eigenvalue weighted by Gasteiger charge is 2.25. The topological polar surface area (TPSA) is 96.7 Å². The van der Waals surface area contributed by atoms with E-state index in [2.05, 4.69) is 25.4 Å². The normalized spacial score (nSPS) is 12.3. The first kappa shape index (κ1) is 15.9. The molecule has 124 valence electrons. The predicted molar refractivity (Wildman–Crippen MR) is 88.1 cm³/mol. The fraction of sp³-hybridized carbons (Fsp3) is 0.294. The number of carbonyl (C=O) groups excluding carboxylic acids is 1. The number of rotatable bonds is 5. The summed E-state index contributed by atoms with van der Waals surface area (Å²) in [5, 5.41) is 6.88. The van der Waals surface area contributed by atoms with Crippen molar-refractivity contribution in [3.05, 3.63) is 53.7 Å². The molecule has 1 aromatic carbocycles. The maximum absolute atomic E-state index is 12.5. The number of hydrogen-bond donors (Lipinski definition) is 2. The van der Waals surface area contributed by atoms with Gasteiger partial charge >= 0.3 is 0 Å². The second-order valence-corrected chi connectivity index (χ2v) is 5.96. The van der Waals surface area contributed by atoms with Crippen molar-refractivity contribution in [2.45, 2.75) is 26.8 Å². The number of H-pyrrole nitrogens is 1. The van der Waals surface area contributed by atoms with E-state index in [4.69, 9.17) is 4.52 Å². The van der Waals surface area contributed by atoms with E-state index < -0.39 is 0 Å². The van der Waals surface area contributed by atoms with E-state index in [9.17, 15) is 4.79 Å². The Balaban J connectivity index is 1.80. The van der Waals surface area contributed by atoms with Gasteiger partial charge < -0.3 is 14.8 Å². The van der Waals surface area contributed by atoms with Gasteiger partial charge in [-0.05, 0) is 25.0 Å². The summed E-state index contributed by atoms with van der Waals surface area (Å²) in [5.74, 6) is 1.16. The highest BCUT2D eigenvalue weighted by molar-refractivity contribution is 5.94. The number of aromatic nitrogens is 4. The van der Waals surface area contributed by atoms with Crippen molar-refractivity contribution in [2.75, 3.05) is 0 Å². The Morgan fingerprint density at radius 3 is 2.62 bits per heavy atom. The summed E-state index contributed by atoms with van der Waals surface area (Å²) in [7, 11) is 0. The van der Waals surface area contributed by atoms with Crippen LogP contribution in [-0.2, 0) is 0 Å². The molecule has 0 aliphatic carbocycles. The van der Waals surface area contributed by atoms with Crippen LogP contribution < -0.4 is 5.32 Å². The lowest BCUT2D eigenvalue weighted by molar-refractivity contribution is 0.0914. The van der Waals surface area contributed by atoms with E-state index in [1.807, 2.05) is 32.9 Å². The van der Waals surface area contributed by atoms with Gasteiger partial charge in [-0.25, -0.2) is 4.98 Å². The molecule has 2 aromatic heterocycles. The first-order valence-electron chi connectivity index (χ1n) is 7.75. The minimum absolute atomic E-state index is 0.0873. The number of aryl methyl sites for hydroxylation is 1. The largest absolute Gasteiger partial charge is 0.342 e. The van der Waals surface area contributed by atoms with Crippen LogP contribution in [0.3, 0.4) is 0 Å². The number of nitrogens with zero attached hydrogens (tertiary/aromatic N) is 3. The summed E-state index contributed by atoms with van der Waals surface area (Å²) in [5.41, 5.74) is 1.70. The molecule has 0 radical (unpaired) electrons. The summed E-state index contributed by atoms with van der Waals surface area (Å²) in [4.78, 5) is 23.8. The molecule has 0 fully saturated rings. The SMILES string of the molecule is Cc1ccc(C(=O)NC(c2nc(-c3ncc[nH]3)no2)C(C)C)cc1. The molecule has 0 spiro atoms. The highest BCUT2D eigenvalue weighted by Crippen LogP contribution is 2.22. The molecular weight excluding hydrogens is 306 g/mol. The first-order chi connectivity index (χ1) is 11.5. The van der Waals surface area contributed by atoms with Crippen LogP contribution in [0, 0.1) is 12.8 Å². The van der Waals surface area contributed by atoms with Gasteiger partial charge in [0.25, 0.3) is 5.91 Å². The molecule has 0 saturated heterocycles. The number of amides is 1. The van der Waals surface area contributed by atoms with E-state index in [1.165, 1.54) is 0 Å². The number of nitrogens with one attached hydrogen (secondary N) is 2. The molecule has 1 atom stereocenters. The standard InChI is InChI=1S/C17H19N5O2/c1-10(2)13(20-16(23)12-6-4-11(3)5-7-12)17-21-15(22-24-17)14-18-8-9-19-14/h4-10,13H,1-3H3,(H,18,19)(H,20,23). The molecule has 0 aliphatic rings. The Morgan fingerprint density at radius 1 is 1.25 bits per heavy atom. The van der Waals surface area contributed by atoms with Gasteiger partial charge in [-0.2, -0.15) is 4.98 Å². The zero-order valence-electron chi connectivity index (χ0n) is 13.8. The van der Waals surface area contributed by atoms with Crippen LogP contribution in [0.2, 0.25) is 0 Å². The Labute approximate surface area is 139 Å². The van der Waals surface area contributed by atoms with Crippen molar-refractivity contribution >= 4 is 5.91 Å². The van der Waals surface area contributed by atoms with Crippen molar-refractivity contribution in [2.24, 2.45) is 5.92 Å².